The summed E-state index contributed by atoms with van der Waals surface area (Å²) < 4.78 is 1.14. The molecule has 102 valence electrons. The molecule has 0 aromatic heterocycles. The maximum atomic E-state index is 9.42. The average molecular weight is 321 g/mol. The molecule has 3 heteroatoms. The Morgan fingerprint density at radius 1 is 1.32 bits per heavy atom. The summed E-state index contributed by atoms with van der Waals surface area (Å²) in [5.74, 6) is 0.412. The van der Waals surface area contributed by atoms with Crippen LogP contribution in [0.25, 0.3) is 0 Å². The van der Waals surface area contributed by atoms with Crippen LogP contribution in [0.15, 0.2) is 22.7 Å². The first-order chi connectivity index (χ1) is 8.82. The molecule has 1 aromatic rings. The van der Waals surface area contributed by atoms with Crippen molar-refractivity contribution in [3.63, 3.8) is 0 Å². The fourth-order valence-electron chi connectivity index (χ4n) is 2.66. The number of likely N-dealkylation sites (tertiary alicyclic amines) is 1. The monoisotopic (exact) mass is 320 g/mol. The van der Waals surface area contributed by atoms with Gasteiger partial charge in [-0.25, -0.2) is 0 Å². The van der Waals surface area contributed by atoms with Gasteiger partial charge in [0.05, 0.1) is 12.0 Å². The van der Waals surface area contributed by atoms with Crippen LogP contribution in [0.5, 0.6) is 0 Å². The van der Waals surface area contributed by atoms with Gasteiger partial charge in [-0.15, -0.1) is 0 Å². The minimum atomic E-state index is 0.0915. The predicted octanol–water partition coefficient (Wildman–Crippen LogP) is 4.10. The van der Waals surface area contributed by atoms with E-state index in [4.69, 9.17) is 0 Å². The number of rotatable bonds is 1. The lowest BCUT2D eigenvalue weighted by Gasteiger charge is -2.31. The SMILES string of the molecule is Cc1ccc([C@H]2CN(C(C)(C)C)C[C@@H]2C#N)cc1Br. The van der Waals surface area contributed by atoms with Gasteiger partial charge in [0, 0.05) is 29.0 Å². The molecule has 1 heterocycles. The highest BCUT2D eigenvalue weighted by atomic mass is 79.9. The van der Waals surface area contributed by atoms with E-state index in [0.717, 1.165) is 17.6 Å². The van der Waals surface area contributed by atoms with E-state index in [9.17, 15) is 5.26 Å². The number of hydrogen-bond donors (Lipinski definition) is 0. The van der Waals surface area contributed by atoms with Crippen LogP contribution in [-0.2, 0) is 0 Å². The molecule has 0 bridgehead atoms. The van der Waals surface area contributed by atoms with Gasteiger partial charge in [-0.3, -0.25) is 4.90 Å². The number of aryl methyl sites for hydroxylation is 1. The maximum Gasteiger partial charge on any atom is 0.0676 e. The topological polar surface area (TPSA) is 27.0 Å². The third-order valence-electron chi connectivity index (χ3n) is 4.06. The molecule has 0 saturated carbocycles. The zero-order valence-corrected chi connectivity index (χ0v) is 13.7. The summed E-state index contributed by atoms with van der Waals surface area (Å²) in [6.45, 7) is 10.6. The van der Waals surface area contributed by atoms with E-state index in [1.807, 2.05) is 0 Å². The lowest BCUT2D eigenvalue weighted by atomic mass is 9.89. The van der Waals surface area contributed by atoms with Crippen LogP contribution in [0.3, 0.4) is 0 Å². The normalized spacial score (nSPS) is 24.4. The van der Waals surface area contributed by atoms with Crippen LogP contribution < -0.4 is 0 Å². The fraction of sp³-hybridized carbons (Fsp3) is 0.562. The molecule has 0 radical (unpaired) electrons. The number of halogens is 1. The molecule has 1 saturated heterocycles. The molecule has 0 N–H and O–H groups in total. The molecule has 19 heavy (non-hydrogen) atoms. The molecular formula is C16H21BrN2. The van der Waals surface area contributed by atoms with Gasteiger partial charge in [0.25, 0.3) is 0 Å². The highest BCUT2D eigenvalue weighted by Gasteiger charge is 2.38. The zero-order chi connectivity index (χ0) is 14.2. The molecule has 1 aliphatic heterocycles. The molecule has 1 fully saturated rings. The minimum Gasteiger partial charge on any atom is -0.297 e. The van der Waals surface area contributed by atoms with Crippen molar-refractivity contribution in [2.24, 2.45) is 5.92 Å². The van der Waals surface area contributed by atoms with Gasteiger partial charge < -0.3 is 0 Å². The Balaban J connectivity index is 2.28. The summed E-state index contributed by atoms with van der Waals surface area (Å²) in [6.07, 6.45) is 0. The van der Waals surface area contributed by atoms with Gasteiger partial charge in [0.1, 0.15) is 0 Å². The predicted molar refractivity (Wildman–Crippen MR) is 82.0 cm³/mol. The van der Waals surface area contributed by atoms with Gasteiger partial charge in [0.2, 0.25) is 0 Å². The average Bonchev–Trinajstić information content (AvgIpc) is 2.76. The van der Waals surface area contributed by atoms with E-state index < -0.39 is 0 Å². The highest BCUT2D eigenvalue weighted by molar-refractivity contribution is 9.10. The minimum absolute atomic E-state index is 0.0915. The summed E-state index contributed by atoms with van der Waals surface area (Å²) in [4.78, 5) is 2.42. The number of hydrogen-bond acceptors (Lipinski definition) is 2. The van der Waals surface area contributed by atoms with Crippen molar-refractivity contribution in [3.8, 4) is 6.07 Å². The zero-order valence-electron chi connectivity index (χ0n) is 12.1. The summed E-state index contributed by atoms with van der Waals surface area (Å²) in [6, 6.07) is 8.97. The van der Waals surface area contributed by atoms with Crippen LogP contribution in [0.2, 0.25) is 0 Å². The second-order valence-corrected chi connectivity index (χ2v) is 7.28. The van der Waals surface area contributed by atoms with Gasteiger partial charge in [0.15, 0.2) is 0 Å². The van der Waals surface area contributed by atoms with Crippen LogP contribution >= 0.6 is 15.9 Å². The van der Waals surface area contributed by atoms with Crippen LogP contribution in [0, 0.1) is 24.2 Å². The maximum absolute atomic E-state index is 9.42. The van der Waals surface area contributed by atoms with Crippen LogP contribution in [0.4, 0.5) is 0 Å². The summed E-state index contributed by atoms with van der Waals surface area (Å²) in [5, 5.41) is 9.42. The molecule has 2 atom stereocenters. The van der Waals surface area contributed by atoms with Crippen molar-refractivity contribution >= 4 is 15.9 Å². The van der Waals surface area contributed by atoms with Crippen molar-refractivity contribution < 1.29 is 0 Å². The molecule has 1 aliphatic rings. The van der Waals surface area contributed by atoms with Crippen molar-refractivity contribution in [3.05, 3.63) is 33.8 Å². The van der Waals surface area contributed by atoms with Crippen molar-refractivity contribution in [1.29, 1.82) is 5.26 Å². The Bertz CT molecular complexity index is 510. The quantitative estimate of drug-likeness (QED) is 0.779. The Hall–Kier alpha value is -0.850. The van der Waals surface area contributed by atoms with E-state index in [1.165, 1.54) is 11.1 Å². The summed E-state index contributed by atoms with van der Waals surface area (Å²) in [7, 11) is 0. The Kier molecular flexibility index (Phi) is 4.03. The first-order valence-electron chi connectivity index (χ1n) is 6.73. The van der Waals surface area contributed by atoms with Crippen molar-refractivity contribution in [1.82, 2.24) is 4.90 Å². The molecule has 0 aliphatic carbocycles. The summed E-state index contributed by atoms with van der Waals surface area (Å²) >= 11 is 3.59. The Morgan fingerprint density at radius 2 is 2.00 bits per heavy atom. The van der Waals surface area contributed by atoms with E-state index in [2.05, 4.69) is 72.8 Å². The Morgan fingerprint density at radius 3 is 2.53 bits per heavy atom. The number of benzene rings is 1. The van der Waals surface area contributed by atoms with Gasteiger partial charge in [-0.1, -0.05) is 28.1 Å². The molecule has 0 amide bonds. The van der Waals surface area contributed by atoms with Gasteiger partial charge >= 0.3 is 0 Å². The van der Waals surface area contributed by atoms with Crippen molar-refractivity contribution in [2.75, 3.05) is 13.1 Å². The molecule has 0 unspecified atom stereocenters. The van der Waals surface area contributed by atoms with E-state index in [-0.39, 0.29) is 11.5 Å². The third kappa shape index (κ3) is 3.01. The first kappa shape index (κ1) is 14.6. The van der Waals surface area contributed by atoms with Gasteiger partial charge in [-0.2, -0.15) is 5.26 Å². The fourth-order valence-corrected chi connectivity index (χ4v) is 3.06. The lowest BCUT2D eigenvalue weighted by molar-refractivity contribution is 0.170. The van der Waals surface area contributed by atoms with E-state index >= 15 is 0 Å². The molecule has 0 spiro atoms. The molecule has 1 aromatic carbocycles. The third-order valence-corrected chi connectivity index (χ3v) is 4.91. The lowest BCUT2D eigenvalue weighted by Crippen LogP contribution is -2.39. The second kappa shape index (κ2) is 5.26. The Labute approximate surface area is 124 Å². The molecule has 2 nitrogen and oxygen atoms in total. The van der Waals surface area contributed by atoms with Crippen LogP contribution in [0.1, 0.15) is 37.8 Å². The molecular weight excluding hydrogens is 300 g/mol. The van der Waals surface area contributed by atoms with Gasteiger partial charge in [-0.05, 0) is 44.9 Å². The van der Waals surface area contributed by atoms with Crippen molar-refractivity contribution in [2.45, 2.75) is 39.2 Å². The highest BCUT2D eigenvalue weighted by Crippen LogP contribution is 2.37. The summed E-state index contributed by atoms with van der Waals surface area (Å²) in [5.41, 5.74) is 2.64. The number of nitriles is 1. The standard InChI is InChI=1S/C16H21BrN2/c1-11-5-6-12(7-15(11)17)14-10-19(16(2,3)4)9-13(14)8-18/h5-7,13-14H,9-10H2,1-4H3/t13-,14+/m0/s1. The molecule has 2 rings (SSSR count). The second-order valence-electron chi connectivity index (χ2n) is 6.43. The van der Waals surface area contributed by atoms with E-state index in [0.29, 0.717) is 5.92 Å². The smallest absolute Gasteiger partial charge is 0.0676 e. The largest absolute Gasteiger partial charge is 0.297 e. The van der Waals surface area contributed by atoms with E-state index in [1.54, 1.807) is 0 Å². The number of nitrogens with zero attached hydrogens (tertiary/aromatic N) is 2. The first-order valence-corrected chi connectivity index (χ1v) is 7.53. The van der Waals surface area contributed by atoms with Crippen LogP contribution in [-0.4, -0.2) is 23.5 Å².